The monoisotopic (exact) mass is 319 g/mol. The summed E-state index contributed by atoms with van der Waals surface area (Å²) in [7, 11) is 4.13. The van der Waals surface area contributed by atoms with Crippen LogP contribution in [0.15, 0.2) is 36.5 Å². The molecule has 0 unspecified atom stereocenters. The Labute approximate surface area is 136 Å². The quantitative estimate of drug-likeness (QED) is 0.732. The third-order valence-electron chi connectivity index (χ3n) is 3.11. The van der Waals surface area contributed by atoms with Crippen LogP contribution in [0.5, 0.6) is 0 Å². The second-order valence-corrected chi connectivity index (χ2v) is 5.77. The van der Waals surface area contributed by atoms with Crippen LogP contribution in [0.1, 0.15) is 12.0 Å². The summed E-state index contributed by atoms with van der Waals surface area (Å²) < 4.78 is 0. The summed E-state index contributed by atoms with van der Waals surface area (Å²) in [4.78, 5) is 10.8. The molecule has 0 radical (unpaired) electrons. The average Bonchev–Trinajstić information content (AvgIpc) is 2.51. The zero-order chi connectivity index (χ0) is 15.8. The number of rotatable bonds is 8. The molecule has 0 aliphatic heterocycles. The molecule has 22 heavy (non-hydrogen) atoms. The lowest BCUT2D eigenvalue weighted by Gasteiger charge is -2.11. The van der Waals surface area contributed by atoms with E-state index in [1.54, 1.807) is 6.20 Å². The van der Waals surface area contributed by atoms with Gasteiger partial charge in [0.25, 0.3) is 0 Å². The minimum atomic E-state index is 0.653. The molecule has 6 heteroatoms. The number of anilines is 2. The first-order valence-electron chi connectivity index (χ1n) is 7.33. The van der Waals surface area contributed by atoms with Crippen LogP contribution in [0.25, 0.3) is 0 Å². The number of halogens is 1. The summed E-state index contributed by atoms with van der Waals surface area (Å²) in [6, 6.07) is 9.63. The molecule has 5 nitrogen and oxygen atoms in total. The maximum absolute atomic E-state index is 5.88. The first kappa shape index (κ1) is 16.5. The fourth-order valence-corrected chi connectivity index (χ4v) is 2.06. The predicted molar refractivity (Wildman–Crippen MR) is 92.5 cm³/mol. The summed E-state index contributed by atoms with van der Waals surface area (Å²) in [6.07, 6.45) is 2.81. The van der Waals surface area contributed by atoms with Crippen molar-refractivity contribution in [3.63, 3.8) is 0 Å². The van der Waals surface area contributed by atoms with Crippen LogP contribution in [0.2, 0.25) is 5.02 Å². The van der Waals surface area contributed by atoms with Gasteiger partial charge >= 0.3 is 0 Å². The Morgan fingerprint density at radius 1 is 1.09 bits per heavy atom. The van der Waals surface area contributed by atoms with Crippen LogP contribution >= 0.6 is 11.6 Å². The van der Waals surface area contributed by atoms with Crippen LogP contribution in [-0.4, -0.2) is 42.1 Å². The van der Waals surface area contributed by atoms with Crippen molar-refractivity contribution in [3.8, 4) is 0 Å². The summed E-state index contributed by atoms with van der Waals surface area (Å²) in [6.45, 7) is 2.61. The highest BCUT2D eigenvalue weighted by Crippen LogP contribution is 2.12. The number of aromatic nitrogens is 2. The summed E-state index contributed by atoms with van der Waals surface area (Å²) in [5.41, 5.74) is 1.16. The van der Waals surface area contributed by atoms with Crippen molar-refractivity contribution < 1.29 is 0 Å². The number of hydrogen-bond donors (Lipinski definition) is 2. The first-order valence-corrected chi connectivity index (χ1v) is 7.71. The number of nitrogens with one attached hydrogen (secondary N) is 2. The van der Waals surface area contributed by atoms with Gasteiger partial charge in [-0.25, -0.2) is 4.98 Å². The highest BCUT2D eigenvalue weighted by atomic mass is 35.5. The van der Waals surface area contributed by atoms with E-state index in [9.17, 15) is 0 Å². The largest absolute Gasteiger partial charge is 0.366 e. The van der Waals surface area contributed by atoms with Crippen LogP contribution in [0, 0.1) is 0 Å². The molecule has 1 aromatic heterocycles. The zero-order valence-corrected chi connectivity index (χ0v) is 13.8. The lowest BCUT2D eigenvalue weighted by Crippen LogP contribution is -2.17. The van der Waals surface area contributed by atoms with Gasteiger partial charge in [0.05, 0.1) is 0 Å². The van der Waals surface area contributed by atoms with Crippen molar-refractivity contribution in [2.75, 3.05) is 37.8 Å². The lowest BCUT2D eigenvalue weighted by molar-refractivity contribution is 0.405. The molecule has 0 saturated heterocycles. The molecular formula is C16H22ClN5. The molecule has 2 aromatic rings. The fourth-order valence-electron chi connectivity index (χ4n) is 1.93. The van der Waals surface area contributed by atoms with Gasteiger partial charge in [0.15, 0.2) is 0 Å². The van der Waals surface area contributed by atoms with Gasteiger partial charge in [-0.15, -0.1) is 0 Å². The molecule has 0 bridgehead atoms. The van der Waals surface area contributed by atoms with Gasteiger partial charge in [0.1, 0.15) is 5.82 Å². The molecule has 0 saturated carbocycles. The van der Waals surface area contributed by atoms with Gasteiger partial charge < -0.3 is 15.5 Å². The number of hydrogen-bond acceptors (Lipinski definition) is 5. The maximum atomic E-state index is 5.88. The van der Waals surface area contributed by atoms with Crippen LogP contribution in [-0.2, 0) is 6.54 Å². The molecule has 0 spiro atoms. The van der Waals surface area contributed by atoms with Gasteiger partial charge in [-0.1, -0.05) is 23.7 Å². The Kier molecular flexibility index (Phi) is 6.43. The van der Waals surface area contributed by atoms with Crippen molar-refractivity contribution in [1.29, 1.82) is 0 Å². The molecule has 0 amide bonds. The molecular weight excluding hydrogens is 298 g/mol. The molecule has 2 rings (SSSR count). The van der Waals surface area contributed by atoms with Gasteiger partial charge in [0, 0.05) is 24.3 Å². The smallest absolute Gasteiger partial charge is 0.224 e. The van der Waals surface area contributed by atoms with Gasteiger partial charge in [-0.2, -0.15) is 4.98 Å². The third-order valence-corrected chi connectivity index (χ3v) is 3.36. The predicted octanol–water partition coefficient (Wildman–Crippen LogP) is 3.11. The molecule has 0 fully saturated rings. The van der Waals surface area contributed by atoms with Crippen molar-refractivity contribution in [3.05, 3.63) is 47.1 Å². The molecule has 0 aliphatic carbocycles. The third kappa shape index (κ3) is 5.87. The molecule has 0 aliphatic rings. The Hall–Kier alpha value is -1.85. The minimum absolute atomic E-state index is 0.653. The van der Waals surface area contributed by atoms with Crippen molar-refractivity contribution in [1.82, 2.24) is 14.9 Å². The van der Waals surface area contributed by atoms with E-state index in [1.807, 2.05) is 30.3 Å². The Bertz CT molecular complexity index is 571. The van der Waals surface area contributed by atoms with Crippen LogP contribution in [0.3, 0.4) is 0 Å². The van der Waals surface area contributed by atoms with E-state index in [0.29, 0.717) is 12.5 Å². The summed E-state index contributed by atoms with van der Waals surface area (Å²) >= 11 is 5.88. The Balaban J connectivity index is 1.81. The number of benzene rings is 1. The highest BCUT2D eigenvalue weighted by Gasteiger charge is 2.00. The normalized spacial score (nSPS) is 10.7. The van der Waals surface area contributed by atoms with Crippen LogP contribution < -0.4 is 10.6 Å². The second-order valence-electron chi connectivity index (χ2n) is 5.33. The molecule has 118 valence electrons. The lowest BCUT2D eigenvalue weighted by atomic mass is 10.2. The molecule has 1 aromatic carbocycles. The van der Waals surface area contributed by atoms with Gasteiger partial charge in [0.2, 0.25) is 5.95 Å². The van der Waals surface area contributed by atoms with E-state index in [1.165, 1.54) is 0 Å². The van der Waals surface area contributed by atoms with E-state index in [0.717, 1.165) is 35.9 Å². The van der Waals surface area contributed by atoms with E-state index in [-0.39, 0.29) is 0 Å². The van der Waals surface area contributed by atoms with Crippen molar-refractivity contribution in [2.24, 2.45) is 0 Å². The minimum Gasteiger partial charge on any atom is -0.366 e. The zero-order valence-electron chi connectivity index (χ0n) is 13.0. The SMILES string of the molecule is CN(C)CCCNc1nccc(NCc2ccc(Cl)cc2)n1. The maximum Gasteiger partial charge on any atom is 0.224 e. The van der Waals surface area contributed by atoms with E-state index in [2.05, 4.69) is 39.6 Å². The van der Waals surface area contributed by atoms with Gasteiger partial charge in [-0.05, 0) is 50.8 Å². The van der Waals surface area contributed by atoms with Crippen molar-refractivity contribution >= 4 is 23.4 Å². The first-order chi connectivity index (χ1) is 10.6. The molecule has 2 N–H and O–H groups in total. The number of nitrogens with zero attached hydrogens (tertiary/aromatic N) is 3. The van der Waals surface area contributed by atoms with E-state index >= 15 is 0 Å². The summed E-state index contributed by atoms with van der Waals surface area (Å²) in [5, 5.41) is 7.27. The van der Waals surface area contributed by atoms with Gasteiger partial charge in [-0.3, -0.25) is 0 Å². The fraction of sp³-hybridized carbons (Fsp3) is 0.375. The average molecular weight is 320 g/mol. The molecule has 1 heterocycles. The molecule has 0 atom stereocenters. The highest BCUT2D eigenvalue weighted by molar-refractivity contribution is 6.30. The topological polar surface area (TPSA) is 53.1 Å². The van der Waals surface area contributed by atoms with E-state index < -0.39 is 0 Å². The Morgan fingerprint density at radius 3 is 2.59 bits per heavy atom. The van der Waals surface area contributed by atoms with E-state index in [4.69, 9.17) is 11.6 Å². The standard InChI is InChI=1S/C16H22ClN5/c1-22(2)11-3-9-18-16-19-10-8-15(21-16)20-12-13-4-6-14(17)7-5-13/h4-8,10H,3,9,11-12H2,1-2H3,(H2,18,19,20,21). The summed E-state index contributed by atoms with van der Waals surface area (Å²) in [5.74, 6) is 1.46. The second kappa shape index (κ2) is 8.56. The Morgan fingerprint density at radius 2 is 1.86 bits per heavy atom. The van der Waals surface area contributed by atoms with Crippen molar-refractivity contribution in [2.45, 2.75) is 13.0 Å². The van der Waals surface area contributed by atoms with Crippen LogP contribution in [0.4, 0.5) is 11.8 Å².